The molecule has 0 unspecified atom stereocenters. The lowest BCUT2D eigenvalue weighted by Gasteiger charge is -2.18. The third-order valence-corrected chi connectivity index (χ3v) is 3.44. The highest BCUT2D eigenvalue weighted by Gasteiger charge is 2.32. The summed E-state index contributed by atoms with van der Waals surface area (Å²) in [6.45, 7) is 7.87. The highest BCUT2D eigenvalue weighted by molar-refractivity contribution is 5.71. The monoisotopic (exact) mass is 412 g/mol. The van der Waals surface area contributed by atoms with Gasteiger partial charge >= 0.3 is 6.18 Å². The molecule has 0 aliphatic rings. The molecule has 0 amide bonds. The highest BCUT2D eigenvalue weighted by atomic mass is 19.4. The van der Waals surface area contributed by atoms with Crippen LogP contribution in [0.1, 0.15) is 32.3 Å². The number of rotatable bonds is 7. The zero-order valence-corrected chi connectivity index (χ0v) is 16.0. The Labute approximate surface area is 164 Å². The van der Waals surface area contributed by atoms with Crippen LogP contribution in [-0.4, -0.2) is 37.2 Å². The summed E-state index contributed by atoms with van der Waals surface area (Å²) in [6, 6.07) is 2.09. The van der Waals surface area contributed by atoms with Crippen LogP contribution in [0, 0.1) is 0 Å². The van der Waals surface area contributed by atoms with E-state index in [2.05, 4.69) is 37.1 Å². The zero-order chi connectivity index (χ0) is 21.8. The summed E-state index contributed by atoms with van der Waals surface area (Å²) < 4.78 is 52.4. The molecule has 7 nitrogen and oxygen atoms in total. The van der Waals surface area contributed by atoms with Gasteiger partial charge in [0, 0.05) is 18.4 Å². The zero-order valence-electron chi connectivity index (χ0n) is 16.0. The van der Waals surface area contributed by atoms with Crippen molar-refractivity contribution >= 4 is 23.2 Å². The largest absolute Gasteiger partial charge is 0.433 e. The van der Waals surface area contributed by atoms with Gasteiger partial charge in [0.1, 0.15) is 11.5 Å². The smallest absolute Gasteiger partial charge is 0.389 e. The number of nitrogens with zero attached hydrogens (tertiary/aromatic N) is 4. The van der Waals surface area contributed by atoms with E-state index in [0.29, 0.717) is 0 Å². The van der Waals surface area contributed by atoms with Gasteiger partial charge in [-0.15, -0.1) is 0 Å². The molecule has 0 radical (unpaired) electrons. The number of pyridine rings is 1. The first kappa shape index (κ1) is 22.2. The average molecular weight is 412 g/mol. The van der Waals surface area contributed by atoms with Gasteiger partial charge in [0.15, 0.2) is 5.82 Å². The molecule has 156 valence electrons. The van der Waals surface area contributed by atoms with E-state index in [-0.39, 0.29) is 35.5 Å². The van der Waals surface area contributed by atoms with Crippen LogP contribution in [0.25, 0.3) is 5.57 Å². The van der Waals surface area contributed by atoms with Crippen molar-refractivity contribution in [2.45, 2.75) is 32.5 Å². The number of hydrogen-bond donors (Lipinski definition) is 3. The fraction of sp³-hybridized carbons (Fsp3) is 0.333. The molecule has 3 N–H and O–H groups in total. The summed E-state index contributed by atoms with van der Waals surface area (Å²) >= 11 is 0. The van der Waals surface area contributed by atoms with Gasteiger partial charge in [-0.3, -0.25) is 4.98 Å². The molecule has 0 bridgehead atoms. The second-order valence-corrected chi connectivity index (χ2v) is 6.68. The molecule has 29 heavy (non-hydrogen) atoms. The van der Waals surface area contributed by atoms with E-state index >= 15 is 0 Å². The maximum absolute atomic E-state index is 13.8. The molecule has 11 heteroatoms. The van der Waals surface area contributed by atoms with E-state index in [1.54, 1.807) is 13.8 Å². The Morgan fingerprint density at radius 2 is 1.86 bits per heavy atom. The van der Waals surface area contributed by atoms with Gasteiger partial charge < -0.3 is 15.7 Å². The summed E-state index contributed by atoms with van der Waals surface area (Å²) in [7, 11) is 0. The standard InChI is InChI=1S/C18H20F4N6O/c1-5-12(10(2)19)14-26-15(24-9-17(3,4)29)28-16(27-14)25-11-6-7-23-13(8-11)18(20,21)22/h5-8,29H,1,9H2,2-4H3,(H2,23,24,25,26,27,28)/b12-10-. The molecule has 2 aromatic rings. The number of aliphatic hydroxyl groups is 1. The molecular weight excluding hydrogens is 392 g/mol. The van der Waals surface area contributed by atoms with Gasteiger partial charge in [-0.05, 0) is 32.9 Å². The van der Waals surface area contributed by atoms with E-state index in [1.165, 1.54) is 19.1 Å². The Bertz CT molecular complexity index is 917. The third kappa shape index (κ3) is 6.49. The molecule has 0 aliphatic carbocycles. The number of nitrogens with one attached hydrogen (secondary N) is 2. The minimum Gasteiger partial charge on any atom is -0.389 e. The van der Waals surface area contributed by atoms with Crippen LogP contribution in [0.5, 0.6) is 0 Å². The Morgan fingerprint density at radius 1 is 1.21 bits per heavy atom. The molecule has 2 heterocycles. The second kappa shape index (κ2) is 8.52. The minimum absolute atomic E-state index is 0.00697. The topological polar surface area (TPSA) is 95.9 Å². The third-order valence-electron chi connectivity index (χ3n) is 3.44. The molecule has 0 saturated carbocycles. The molecule has 2 rings (SSSR count). The van der Waals surface area contributed by atoms with Gasteiger partial charge in [-0.2, -0.15) is 28.1 Å². The molecule has 0 spiro atoms. The second-order valence-electron chi connectivity index (χ2n) is 6.68. The lowest BCUT2D eigenvalue weighted by molar-refractivity contribution is -0.141. The first-order chi connectivity index (χ1) is 13.4. The lowest BCUT2D eigenvalue weighted by Crippen LogP contribution is -2.30. The van der Waals surface area contributed by atoms with E-state index in [1.807, 2.05) is 0 Å². The Kier molecular flexibility index (Phi) is 6.52. The van der Waals surface area contributed by atoms with Gasteiger partial charge in [0.25, 0.3) is 0 Å². The quantitative estimate of drug-likeness (QED) is 0.465. The summed E-state index contributed by atoms with van der Waals surface area (Å²) in [5, 5.41) is 15.3. The van der Waals surface area contributed by atoms with Crippen molar-refractivity contribution in [2.24, 2.45) is 0 Å². The number of hydrogen-bond acceptors (Lipinski definition) is 7. The first-order valence-electron chi connectivity index (χ1n) is 8.41. The molecular formula is C18H20F4N6O. The van der Waals surface area contributed by atoms with Gasteiger partial charge in [-0.25, -0.2) is 4.39 Å². The molecule has 0 atom stereocenters. The number of allylic oxidation sites excluding steroid dienone is 3. The highest BCUT2D eigenvalue weighted by Crippen LogP contribution is 2.29. The van der Waals surface area contributed by atoms with Gasteiger partial charge in [-0.1, -0.05) is 12.7 Å². The van der Waals surface area contributed by atoms with Gasteiger partial charge in [0.05, 0.1) is 11.2 Å². The van der Waals surface area contributed by atoms with Crippen molar-refractivity contribution in [1.29, 1.82) is 0 Å². The van der Waals surface area contributed by atoms with Crippen molar-refractivity contribution in [3.63, 3.8) is 0 Å². The van der Waals surface area contributed by atoms with Crippen LogP contribution in [0.2, 0.25) is 0 Å². The maximum atomic E-state index is 13.8. The predicted octanol–water partition coefficient (Wildman–Crippen LogP) is 4.10. The summed E-state index contributed by atoms with van der Waals surface area (Å²) in [6.07, 6.45) is -2.42. The Morgan fingerprint density at radius 3 is 2.41 bits per heavy atom. The van der Waals surface area contributed by atoms with Crippen molar-refractivity contribution in [2.75, 3.05) is 17.2 Å². The summed E-state index contributed by atoms with van der Waals surface area (Å²) in [5.74, 6) is -0.826. The number of halogens is 4. The molecule has 0 aromatic carbocycles. The van der Waals surface area contributed by atoms with Crippen molar-refractivity contribution in [1.82, 2.24) is 19.9 Å². The van der Waals surface area contributed by atoms with Gasteiger partial charge in [0.2, 0.25) is 11.9 Å². The molecule has 0 fully saturated rings. The predicted molar refractivity (Wildman–Crippen MR) is 101 cm³/mol. The Balaban J connectivity index is 2.45. The van der Waals surface area contributed by atoms with E-state index in [9.17, 15) is 22.7 Å². The van der Waals surface area contributed by atoms with Crippen molar-refractivity contribution in [3.05, 3.63) is 48.3 Å². The van der Waals surface area contributed by atoms with Crippen LogP contribution < -0.4 is 10.6 Å². The Hall–Kier alpha value is -3.08. The fourth-order valence-electron chi connectivity index (χ4n) is 2.11. The van der Waals surface area contributed by atoms with Crippen LogP contribution in [-0.2, 0) is 6.18 Å². The number of anilines is 3. The average Bonchev–Trinajstić information content (AvgIpc) is 2.59. The van der Waals surface area contributed by atoms with E-state index in [4.69, 9.17) is 0 Å². The van der Waals surface area contributed by atoms with Crippen LogP contribution in [0.3, 0.4) is 0 Å². The van der Waals surface area contributed by atoms with E-state index < -0.39 is 23.3 Å². The lowest BCUT2D eigenvalue weighted by atomic mass is 10.1. The summed E-state index contributed by atoms with van der Waals surface area (Å²) in [5.41, 5.74) is -2.17. The number of alkyl halides is 3. The van der Waals surface area contributed by atoms with Crippen LogP contribution >= 0.6 is 0 Å². The van der Waals surface area contributed by atoms with Crippen molar-refractivity contribution in [3.8, 4) is 0 Å². The molecule has 0 aliphatic heterocycles. The van der Waals surface area contributed by atoms with E-state index in [0.717, 1.165) is 12.3 Å². The molecule has 0 saturated heterocycles. The van der Waals surface area contributed by atoms with Crippen LogP contribution in [0.15, 0.2) is 36.8 Å². The summed E-state index contributed by atoms with van der Waals surface area (Å²) in [4.78, 5) is 15.5. The number of aromatic nitrogens is 4. The normalized spacial score (nSPS) is 13.0. The first-order valence-corrected chi connectivity index (χ1v) is 8.41. The fourth-order valence-corrected chi connectivity index (χ4v) is 2.11. The minimum atomic E-state index is -4.62. The maximum Gasteiger partial charge on any atom is 0.433 e. The van der Waals surface area contributed by atoms with Crippen molar-refractivity contribution < 1.29 is 22.7 Å². The van der Waals surface area contributed by atoms with Crippen LogP contribution in [0.4, 0.5) is 35.1 Å². The molecule has 2 aromatic heterocycles. The SMILES string of the molecule is C=C/C(=C(\C)F)c1nc(NCC(C)(C)O)nc(Nc2ccnc(C(F)(F)F)c2)n1.